The quantitative estimate of drug-likeness (QED) is 0.449. The van der Waals surface area contributed by atoms with Crippen LogP contribution in [-0.4, -0.2) is 77.6 Å². The summed E-state index contributed by atoms with van der Waals surface area (Å²) in [5.41, 5.74) is 1.30. The van der Waals surface area contributed by atoms with Gasteiger partial charge in [0.05, 0.1) is 18.6 Å². The molecule has 186 valence electrons. The van der Waals surface area contributed by atoms with E-state index in [1.165, 1.54) is 0 Å². The van der Waals surface area contributed by atoms with Crippen LogP contribution in [0.15, 0.2) is 35.9 Å². The summed E-state index contributed by atoms with van der Waals surface area (Å²) in [5, 5.41) is 23.4. The molecule has 3 aliphatic rings. The van der Waals surface area contributed by atoms with Crippen molar-refractivity contribution in [3.8, 4) is 5.75 Å². The Morgan fingerprint density at radius 3 is 2.76 bits per heavy atom. The smallest absolute Gasteiger partial charge is 0.252 e. The topological polar surface area (TPSA) is 108 Å². The van der Waals surface area contributed by atoms with Crippen LogP contribution in [0.2, 0.25) is 0 Å². The van der Waals surface area contributed by atoms with E-state index in [2.05, 4.69) is 12.2 Å². The molecule has 0 bridgehead atoms. The third-order valence-corrected chi connectivity index (χ3v) is 6.98. The average Bonchev–Trinajstić information content (AvgIpc) is 3.52. The van der Waals surface area contributed by atoms with Crippen molar-refractivity contribution in [1.29, 1.82) is 0 Å². The van der Waals surface area contributed by atoms with Gasteiger partial charge >= 0.3 is 0 Å². The van der Waals surface area contributed by atoms with E-state index in [4.69, 9.17) is 9.47 Å². The molecule has 1 fully saturated rings. The first-order valence-corrected chi connectivity index (χ1v) is 12.5. The molecule has 1 aromatic carbocycles. The summed E-state index contributed by atoms with van der Waals surface area (Å²) in [6.07, 6.45) is 4.98. The molecule has 4 rings (SSSR count). The van der Waals surface area contributed by atoms with Crippen LogP contribution < -0.4 is 10.1 Å². The van der Waals surface area contributed by atoms with Gasteiger partial charge in [-0.2, -0.15) is 0 Å². The van der Waals surface area contributed by atoms with Gasteiger partial charge in [0.1, 0.15) is 24.1 Å². The first-order chi connectivity index (χ1) is 16.6. The highest BCUT2D eigenvalue weighted by atomic mass is 16.5. The fraction of sp³-hybridized carbons (Fsp3) is 0.615. The molecule has 1 saturated heterocycles. The van der Waals surface area contributed by atoms with Gasteiger partial charge in [0.15, 0.2) is 0 Å². The lowest BCUT2D eigenvalue weighted by atomic mass is 9.77. The van der Waals surface area contributed by atoms with Crippen LogP contribution >= 0.6 is 0 Å². The standard InChI is InChI=1S/C26H36N2O6/c1-2-3-4-7-13-28(26(32)21-11-8-15-33-21)19-16-18(25(31)27-12-14-29)22-17-9-5-6-10-20(17)34-24(22)23(19)30/h5-6,9-10,16,19,21-24,29-30H,2-4,7-8,11-15H2,1H3,(H,27,31)/t19-,21?,22+,23+,24+/m1/s1. The molecule has 2 heterocycles. The van der Waals surface area contributed by atoms with Gasteiger partial charge < -0.3 is 29.9 Å². The van der Waals surface area contributed by atoms with Crippen LogP contribution in [-0.2, 0) is 14.3 Å². The summed E-state index contributed by atoms with van der Waals surface area (Å²) < 4.78 is 11.8. The molecule has 0 spiro atoms. The van der Waals surface area contributed by atoms with Gasteiger partial charge in [0.25, 0.3) is 5.91 Å². The Balaban J connectivity index is 1.68. The number of amides is 2. The normalized spacial score (nSPS) is 27.4. The van der Waals surface area contributed by atoms with Crippen molar-refractivity contribution in [2.75, 3.05) is 26.3 Å². The first-order valence-electron chi connectivity index (χ1n) is 12.5. The molecule has 5 atom stereocenters. The van der Waals surface area contributed by atoms with E-state index in [9.17, 15) is 19.8 Å². The van der Waals surface area contributed by atoms with Crippen molar-refractivity contribution < 1.29 is 29.3 Å². The summed E-state index contributed by atoms with van der Waals surface area (Å²) in [5.74, 6) is -0.269. The number of nitrogens with one attached hydrogen (secondary N) is 1. The van der Waals surface area contributed by atoms with Crippen LogP contribution in [0, 0.1) is 0 Å². The Bertz CT molecular complexity index is 897. The van der Waals surface area contributed by atoms with Crippen LogP contribution in [0.5, 0.6) is 5.75 Å². The number of para-hydroxylation sites is 1. The number of benzene rings is 1. The number of aliphatic hydroxyl groups is 2. The van der Waals surface area contributed by atoms with Crippen LogP contribution in [0.1, 0.15) is 56.9 Å². The van der Waals surface area contributed by atoms with Crippen LogP contribution in [0.4, 0.5) is 0 Å². The number of hydrogen-bond acceptors (Lipinski definition) is 6. The summed E-state index contributed by atoms with van der Waals surface area (Å²) in [6.45, 7) is 3.12. The van der Waals surface area contributed by atoms with Crippen LogP contribution in [0.25, 0.3) is 0 Å². The molecule has 1 unspecified atom stereocenters. The zero-order valence-electron chi connectivity index (χ0n) is 19.8. The molecule has 0 aromatic heterocycles. The number of hydrogen-bond donors (Lipinski definition) is 3. The van der Waals surface area contributed by atoms with E-state index in [0.717, 1.165) is 37.7 Å². The molecule has 1 aromatic rings. The lowest BCUT2D eigenvalue weighted by Gasteiger charge is -2.41. The van der Waals surface area contributed by atoms with Gasteiger partial charge in [-0.1, -0.05) is 44.4 Å². The Hall–Kier alpha value is -2.42. The van der Waals surface area contributed by atoms with Crippen molar-refractivity contribution in [1.82, 2.24) is 10.2 Å². The van der Waals surface area contributed by atoms with E-state index >= 15 is 0 Å². The highest BCUT2D eigenvalue weighted by Crippen LogP contribution is 2.47. The first kappa shape index (κ1) is 24.7. The Labute approximate surface area is 200 Å². The van der Waals surface area contributed by atoms with Crippen molar-refractivity contribution in [3.63, 3.8) is 0 Å². The monoisotopic (exact) mass is 472 g/mol. The van der Waals surface area contributed by atoms with E-state index in [1.807, 2.05) is 24.3 Å². The lowest BCUT2D eigenvalue weighted by molar-refractivity contribution is -0.146. The Morgan fingerprint density at radius 1 is 1.21 bits per heavy atom. The summed E-state index contributed by atoms with van der Waals surface area (Å²) in [7, 11) is 0. The summed E-state index contributed by atoms with van der Waals surface area (Å²) >= 11 is 0. The minimum absolute atomic E-state index is 0.124. The molecule has 2 amide bonds. The molecule has 1 aliphatic carbocycles. The second kappa shape index (κ2) is 11.3. The van der Waals surface area contributed by atoms with Gasteiger partial charge in [0.2, 0.25) is 5.91 Å². The number of aliphatic hydroxyl groups excluding tert-OH is 2. The van der Waals surface area contributed by atoms with Crippen LogP contribution in [0.3, 0.4) is 0 Å². The van der Waals surface area contributed by atoms with Gasteiger partial charge in [-0.3, -0.25) is 9.59 Å². The Kier molecular flexibility index (Phi) is 8.24. The third-order valence-electron chi connectivity index (χ3n) is 6.98. The molecule has 8 nitrogen and oxygen atoms in total. The number of rotatable bonds is 10. The largest absolute Gasteiger partial charge is 0.486 e. The maximum Gasteiger partial charge on any atom is 0.252 e. The molecular weight excluding hydrogens is 436 g/mol. The molecule has 0 saturated carbocycles. The van der Waals surface area contributed by atoms with Gasteiger partial charge in [-0.15, -0.1) is 0 Å². The van der Waals surface area contributed by atoms with E-state index in [1.54, 1.807) is 11.0 Å². The predicted molar refractivity (Wildman–Crippen MR) is 126 cm³/mol. The van der Waals surface area contributed by atoms with E-state index in [0.29, 0.717) is 30.9 Å². The van der Waals surface area contributed by atoms with Gasteiger partial charge in [-0.05, 0) is 31.4 Å². The lowest BCUT2D eigenvalue weighted by Crippen LogP contribution is -2.57. The number of carbonyl (C=O) groups excluding carboxylic acids is 2. The second-order valence-electron chi connectivity index (χ2n) is 9.27. The molecule has 3 N–H and O–H groups in total. The third kappa shape index (κ3) is 4.99. The minimum atomic E-state index is -0.997. The zero-order chi connectivity index (χ0) is 24.1. The maximum atomic E-state index is 13.5. The van der Waals surface area contributed by atoms with Crippen molar-refractivity contribution in [2.24, 2.45) is 0 Å². The molecule has 0 radical (unpaired) electrons. The second-order valence-corrected chi connectivity index (χ2v) is 9.27. The molecular formula is C26H36N2O6. The SMILES string of the molecule is CCCCCCN(C(=O)C1CCCO1)[C@@H]1C=C(C(=O)NCCO)[C@@H]2c3ccccc3O[C@@H]2[C@H]1O. The van der Waals surface area contributed by atoms with Crippen molar-refractivity contribution in [2.45, 2.75) is 75.7 Å². The highest BCUT2D eigenvalue weighted by molar-refractivity contribution is 5.96. The van der Waals surface area contributed by atoms with Crippen molar-refractivity contribution in [3.05, 3.63) is 41.5 Å². The number of fused-ring (bicyclic) bond motifs is 3. The highest BCUT2D eigenvalue weighted by Gasteiger charge is 2.50. The minimum Gasteiger partial charge on any atom is -0.486 e. The van der Waals surface area contributed by atoms with Gasteiger partial charge in [-0.25, -0.2) is 0 Å². The molecule has 34 heavy (non-hydrogen) atoms. The fourth-order valence-electron chi connectivity index (χ4n) is 5.26. The summed E-state index contributed by atoms with van der Waals surface area (Å²) in [6, 6.07) is 6.77. The number of carbonyl (C=O) groups is 2. The molecule has 2 aliphatic heterocycles. The average molecular weight is 473 g/mol. The van der Waals surface area contributed by atoms with Gasteiger partial charge in [0, 0.05) is 30.8 Å². The molecule has 8 heteroatoms. The number of nitrogens with zero attached hydrogens (tertiary/aromatic N) is 1. The number of ether oxygens (including phenoxy) is 2. The Morgan fingerprint density at radius 2 is 2.03 bits per heavy atom. The van der Waals surface area contributed by atoms with E-state index < -0.39 is 30.3 Å². The van der Waals surface area contributed by atoms with Crippen molar-refractivity contribution >= 4 is 11.8 Å². The maximum absolute atomic E-state index is 13.5. The zero-order valence-corrected chi connectivity index (χ0v) is 19.8. The summed E-state index contributed by atoms with van der Waals surface area (Å²) in [4.78, 5) is 28.3. The fourth-order valence-corrected chi connectivity index (χ4v) is 5.26. The van der Waals surface area contributed by atoms with E-state index in [-0.39, 0.29) is 25.0 Å². The number of unbranched alkanes of at least 4 members (excludes halogenated alkanes) is 3. The predicted octanol–water partition coefficient (Wildman–Crippen LogP) is 1.90.